The van der Waals surface area contributed by atoms with E-state index in [4.69, 9.17) is 0 Å². The van der Waals surface area contributed by atoms with E-state index in [0.29, 0.717) is 25.2 Å². The minimum absolute atomic E-state index is 0.112. The van der Waals surface area contributed by atoms with Crippen LogP contribution >= 0.6 is 0 Å². The van der Waals surface area contributed by atoms with Crippen molar-refractivity contribution in [3.8, 4) is 0 Å². The molecule has 6 heteroatoms. The standard InChI is InChI=1S/C19H20FN3O2/c1-2-17(13-3-5-14(20)6-4-13)18(24)22-15-7-9-16(10-8-15)23-12-11-21-19(23)25/h3-10,17H,2,11-12H2,1H3,(H,21,25)(H,22,24)/t17-/m0/s1. The van der Waals surface area contributed by atoms with E-state index < -0.39 is 0 Å². The lowest BCUT2D eigenvalue weighted by Gasteiger charge is -2.17. The molecule has 1 saturated heterocycles. The van der Waals surface area contributed by atoms with Gasteiger partial charge in [0.25, 0.3) is 0 Å². The van der Waals surface area contributed by atoms with Gasteiger partial charge in [-0.1, -0.05) is 19.1 Å². The van der Waals surface area contributed by atoms with Gasteiger partial charge in [0, 0.05) is 24.5 Å². The van der Waals surface area contributed by atoms with Crippen LogP contribution in [0, 0.1) is 5.82 Å². The van der Waals surface area contributed by atoms with Gasteiger partial charge in [-0.3, -0.25) is 9.69 Å². The first kappa shape index (κ1) is 17.0. The van der Waals surface area contributed by atoms with Gasteiger partial charge in [-0.2, -0.15) is 0 Å². The molecular weight excluding hydrogens is 321 g/mol. The molecule has 2 N–H and O–H groups in total. The van der Waals surface area contributed by atoms with Crippen LogP contribution in [-0.4, -0.2) is 25.0 Å². The number of benzene rings is 2. The molecule has 1 aliphatic heterocycles. The molecular formula is C19H20FN3O2. The van der Waals surface area contributed by atoms with Crippen LogP contribution in [0.1, 0.15) is 24.8 Å². The van der Waals surface area contributed by atoms with Gasteiger partial charge in [0.05, 0.1) is 5.92 Å². The van der Waals surface area contributed by atoms with E-state index in [1.807, 2.05) is 6.92 Å². The highest BCUT2D eigenvalue weighted by molar-refractivity contribution is 5.97. The maximum atomic E-state index is 13.1. The van der Waals surface area contributed by atoms with Crippen molar-refractivity contribution in [2.24, 2.45) is 0 Å². The Labute approximate surface area is 145 Å². The van der Waals surface area contributed by atoms with Gasteiger partial charge < -0.3 is 10.6 Å². The molecule has 0 radical (unpaired) electrons. The summed E-state index contributed by atoms with van der Waals surface area (Å²) < 4.78 is 13.1. The molecule has 0 aromatic heterocycles. The van der Waals surface area contributed by atoms with Crippen LogP contribution in [0.2, 0.25) is 0 Å². The molecule has 0 saturated carbocycles. The summed E-state index contributed by atoms with van der Waals surface area (Å²) in [5.41, 5.74) is 2.24. The third-order valence-electron chi connectivity index (χ3n) is 4.30. The second-order valence-electron chi connectivity index (χ2n) is 5.93. The highest BCUT2D eigenvalue weighted by Gasteiger charge is 2.22. The fourth-order valence-electron chi connectivity index (χ4n) is 2.94. The van der Waals surface area contributed by atoms with Crippen molar-refractivity contribution in [1.82, 2.24) is 5.32 Å². The lowest BCUT2D eigenvalue weighted by atomic mass is 9.95. The van der Waals surface area contributed by atoms with Gasteiger partial charge >= 0.3 is 6.03 Å². The molecule has 0 unspecified atom stereocenters. The number of rotatable bonds is 5. The molecule has 1 heterocycles. The quantitative estimate of drug-likeness (QED) is 0.874. The molecule has 1 aliphatic rings. The minimum Gasteiger partial charge on any atom is -0.336 e. The van der Waals surface area contributed by atoms with Crippen LogP contribution in [0.15, 0.2) is 48.5 Å². The Kier molecular flexibility index (Phi) is 4.97. The van der Waals surface area contributed by atoms with E-state index in [9.17, 15) is 14.0 Å². The van der Waals surface area contributed by atoms with Crippen molar-refractivity contribution in [3.05, 3.63) is 59.9 Å². The van der Waals surface area contributed by atoms with Gasteiger partial charge in [-0.25, -0.2) is 9.18 Å². The Morgan fingerprint density at radius 1 is 1.20 bits per heavy atom. The lowest BCUT2D eigenvalue weighted by Crippen LogP contribution is -2.27. The fourth-order valence-corrected chi connectivity index (χ4v) is 2.94. The summed E-state index contributed by atoms with van der Waals surface area (Å²) in [5.74, 6) is -0.800. The van der Waals surface area contributed by atoms with Crippen LogP contribution in [0.4, 0.5) is 20.6 Å². The third-order valence-corrected chi connectivity index (χ3v) is 4.30. The highest BCUT2D eigenvalue weighted by Crippen LogP contribution is 2.24. The van der Waals surface area contributed by atoms with Crippen molar-refractivity contribution in [2.75, 3.05) is 23.3 Å². The summed E-state index contributed by atoms with van der Waals surface area (Å²) in [6, 6.07) is 13.0. The molecule has 0 spiro atoms. The van der Waals surface area contributed by atoms with Crippen LogP contribution in [0.3, 0.4) is 0 Å². The Hall–Kier alpha value is -2.89. The monoisotopic (exact) mass is 341 g/mol. The molecule has 130 valence electrons. The van der Waals surface area contributed by atoms with E-state index in [1.165, 1.54) is 12.1 Å². The molecule has 2 aromatic rings. The Balaban J connectivity index is 1.69. The molecule has 3 rings (SSSR count). The molecule has 1 atom stereocenters. The predicted molar refractivity (Wildman–Crippen MR) is 95.2 cm³/mol. The Morgan fingerprint density at radius 2 is 1.88 bits per heavy atom. The number of hydrogen-bond donors (Lipinski definition) is 2. The first-order valence-corrected chi connectivity index (χ1v) is 8.30. The topological polar surface area (TPSA) is 61.4 Å². The third kappa shape index (κ3) is 3.79. The van der Waals surface area contributed by atoms with Crippen molar-refractivity contribution in [3.63, 3.8) is 0 Å². The van der Waals surface area contributed by atoms with Gasteiger partial charge in [0.2, 0.25) is 5.91 Å². The van der Waals surface area contributed by atoms with Gasteiger partial charge in [0.1, 0.15) is 5.82 Å². The Bertz CT molecular complexity index is 759. The van der Waals surface area contributed by atoms with Crippen LogP contribution < -0.4 is 15.5 Å². The van der Waals surface area contributed by atoms with Crippen molar-refractivity contribution in [2.45, 2.75) is 19.3 Å². The largest absolute Gasteiger partial charge is 0.336 e. The van der Waals surface area contributed by atoms with Crippen LogP contribution in [0.5, 0.6) is 0 Å². The van der Waals surface area contributed by atoms with E-state index in [2.05, 4.69) is 10.6 Å². The summed E-state index contributed by atoms with van der Waals surface area (Å²) in [6.07, 6.45) is 0.615. The van der Waals surface area contributed by atoms with E-state index in [-0.39, 0.29) is 23.7 Å². The summed E-state index contributed by atoms with van der Waals surface area (Å²) in [7, 11) is 0. The molecule has 2 aromatic carbocycles. The molecule has 3 amide bonds. The van der Waals surface area contributed by atoms with E-state index in [1.54, 1.807) is 41.3 Å². The summed E-state index contributed by atoms with van der Waals surface area (Å²) in [6.45, 7) is 3.18. The lowest BCUT2D eigenvalue weighted by molar-refractivity contribution is -0.117. The van der Waals surface area contributed by atoms with E-state index >= 15 is 0 Å². The minimum atomic E-state index is -0.343. The maximum Gasteiger partial charge on any atom is 0.321 e. The number of anilines is 2. The number of halogens is 1. The molecule has 0 aliphatic carbocycles. The average Bonchev–Trinajstić information content (AvgIpc) is 3.04. The smallest absolute Gasteiger partial charge is 0.321 e. The number of hydrogen-bond acceptors (Lipinski definition) is 2. The zero-order valence-electron chi connectivity index (χ0n) is 14.0. The number of carbonyl (C=O) groups excluding carboxylic acids is 2. The summed E-state index contributed by atoms with van der Waals surface area (Å²) in [4.78, 5) is 25.9. The van der Waals surface area contributed by atoms with Gasteiger partial charge in [-0.05, 0) is 48.4 Å². The maximum absolute atomic E-state index is 13.1. The molecule has 25 heavy (non-hydrogen) atoms. The molecule has 5 nitrogen and oxygen atoms in total. The number of amides is 3. The zero-order valence-corrected chi connectivity index (χ0v) is 14.0. The number of nitrogens with zero attached hydrogens (tertiary/aromatic N) is 1. The summed E-state index contributed by atoms with van der Waals surface area (Å²) in [5, 5.41) is 5.63. The average molecular weight is 341 g/mol. The predicted octanol–water partition coefficient (Wildman–Crippen LogP) is 3.49. The number of nitrogens with one attached hydrogen (secondary N) is 2. The summed E-state index contributed by atoms with van der Waals surface area (Å²) >= 11 is 0. The van der Waals surface area contributed by atoms with Crippen molar-refractivity contribution < 1.29 is 14.0 Å². The fraction of sp³-hybridized carbons (Fsp3) is 0.263. The van der Waals surface area contributed by atoms with Crippen molar-refractivity contribution >= 4 is 23.3 Å². The Morgan fingerprint density at radius 3 is 2.44 bits per heavy atom. The number of carbonyl (C=O) groups is 2. The normalized spacial score (nSPS) is 15.0. The second kappa shape index (κ2) is 7.34. The molecule has 1 fully saturated rings. The molecule has 0 bridgehead atoms. The van der Waals surface area contributed by atoms with E-state index in [0.717, 1.165) is 11.3 Å². The van der Waals surface area contributed by atoms with Crippen LogP contribution in [0.25, 0.3) is 0 Å². The van der Waals surface area contributed by atoms with Crippen molar-refractivity contribution in [1.29, 1.82) is 0 Å². The second-order valence-corrected chi connectivity index (χ2v) is 5.93. The first-order valence-electron chi connectivity index (χ1n) is 8.30. The first-order chi connectivity index (χ1) is 12.1. The SMILES string of the molecule is CC[C@H](C(=O)Nc1ccc(N2CCNC2=O)cc1)c1ccc(F)cc1. The number of urea groups is 1. The highest BCUT2D eigenvalue weighted by atomic mass is 19.1. The van der Waals surface area contributed by atoms with Crippen LogP contribution in [-0.2, 0) is 4.79 Å². The van der Waals surface area contributed by atoms with Gasteiger partial charge in [0.15, 0.2) is 0 Å². The van der Waals surface area contributed by atoms with Gasteiger partial charge in [-0.15, -0.1) is 0 Å². The zero-order chi connectivity index (χ0) is 17.8.